The van der Waals surface area contributed by atoms with Crippen LogP contribution in [0.4, 0.5) is 37.7 Å². The number of carbonyl (C=O) groups excluding carboxylic acids is 2. The van der Waals surface area contributed by atoms with Gasteiger partial charge in [-0.15, -0.1) is 0 Å². The molecule has 6 rings (SSSR count). The van der Waals surface area contributed by atoms with E-state index in [2.05, 4.69) is 0 Å². The first kappa shape index (κ1) is 32.3. The Morgan fingerprint density at radius 2 is 0.891 bits per heavy atom. The van der Waals surface area contributed by atoms with Gasteiger partial charge in [0.1, 0.15) is 12.2 Å². The molecule has 0 amide bonds. The summed E-state index contributed by atoms with van der Waals surface area (Å²) in [4.78, 5) is 30.3. The van der Waals surface area contributed by atoms with Crippen LogP contribution in [0.25, 0.3) is 0 Å². The van der Waals surface area contributed by atoms with E-state index in [0.717, 1.165) is 0 Å². The van der Waals surface area contributed by atoms with Crippen LogP contribution < -0.4 is 9.80 Å². The Kier molecular flexibility index (Phi) is 9.06. The third-order valence-corrected chi connectivity index (χ3v) is 8.69. The highest BCUT2D eigenvalue weighted by Gasteiger charge is 2.51. The Balaban J connectivity index is 0.972. The van der Waals surface area contributed by atoms with E-state index < -0.39 is 49.0 Å². The molecule has 2 aromatic carbocycles. The van der Waals surface area contributed by atoms with Crippen LogP contribution in [0.15, 0.2) is 48.5 Å². The van der Waals surface area contributed by atoms with Crippen LogP contribution in [0, 0.1) is 0 Å². The van der Waals surface area contributed by atoms with Crippen molar-refractivity contribution in [2.75, 3.05) is 75.4 Å². The summed E-state index contributed by atoms with van der Waals surface area (Å²) in [6.45, 7) is 0.296. The molecule has 0 spiro atoms. The third-order valence-electron chi connectivity index (χ3n) is 8.69. The lowest BCUT2D eigenvalue weighted by Gasteiger charge is -2.36. The number of piperazine rings is 2. The highest BCUT2D eigenvalue weighted by atomic mass is 19.4. The summed E-state index contributed by atoms with van der Waals surface area (Å²) in [7, 11) is 0. The summed E-state index contributed by atoms with van der Waals surface area (Å²) in [5.41, 5.74) is 1.91. The van der Waals surface area contributed by atoms with E-state index in [0.29, 0.717) is 21.2 Å². The van der Waals surface area contributed by atoms with Gasteiger partial charge in [-0.25, -0.2) is 19.4 Å². The molecule has 0 aromatic heterocycles. The van der Waals surface area contributed by atoms with Crippen LogP contribution in [0.2, 0.25) is 0 Å². The van der Waals surface area contributed by atoms with E-state index >= 15 is 0 Å². The molecular formula is C30H32F6N4O6. The van der Waals surface area contributed by atoms with Crippen LogP contribution >= 0.6 is 0 Å². The quantitative estimate of drug-likeness (QED) is 0.261. The molecule has 0 bridgehead atoms. The van der Waals surface area contributed by atoms with Gasteiger partial charge in [0.25, 0.3) is 0 Å². The highest BCUT2D eigenvalue weighted by molar-refractivity contribution is 5.90. The number of anilines is 2. The zero-order valence-corrected chi connectivity index (χ0v) is 24.5. The van der Waals surface area contributed by atoms with Crippen LogP contribution in [0.3, 0.4) is 0 Å². The Morgan fingerprint density at radius 3 is 1.20 bits per heavy atom. The maximum absolute atomic E-state index is 12.9. The predicted molar refractivity (Wildman–Crippen MR) is 150 cm³/mol. The second-order valence-corrected chi connectivity index (χ2v) is 11.5. The molecule has 16 heteroatoms. The maximum Gasteiger partial charge on any atom is 0.460 e. The van der Waals surface area contributed by atoms with E-state index in [4.69, 9.17) is 18.9 Å². The Morgan fingerprint density at radius 1 is 0.565 bits per heavy atom. The normalized spacial score (nSPS) is 26.2. The Labute approximate surface area is 260 Å². The first-order valence-electron chi connectivity index (χ1n) is 14.9. The smallest absolute Gasteiger partial charge is 0.453 e. The SMILES string of the molecule is O=C(OC1COC2C(OC(=O)c3ccc(N4CCN(C(F)(F)F)CC4)cc3)COC12)c1ccc(N2CCN(C(F)(F)F)CC2)cc1. The van der Waals surface area contributed by atoms with Crippen LogP contribution in [0.5, 0.6) is 0 Å². The van der Waals surface area contributed by atoms with Gasteiger partial charge >= 0.3 is 24.5 Å². The lowest BCUT2D eigenvalue weighted by Crippen LogP contribution is -2.51. The van der Waals surface area contributed by atoms with Crippen molar-refractivity contribution < 1.29 is 54.9 Å². The molecule has 4 fully saturated rings. The minimum absolute atomic E-state index is 0.0347. The van der Waals surface area contributed by atoms with Gasteiger partial charge in [-0.05, 0) is 48.5 Å². The van der Waals surface area contributed by atoms with Crippen molar-refractivity contribution in [2.24, 2.45) is 0 Å². The number of hydrogen-bond acceptors (Lipinski definition) is 10. The number of rotatable bonds is 6. The molecular weight excluding hydrogens is 626 g/mol. The highest BCUT2D eigenvalue weighted by Crippen LogP contribution is 2.32. The molecule has 4 aliphatic heterocycles. The van der Waals surface area contributed by atoms with Gasteiger partial charge in [0, 0.05) is 63.7 Å². The number of ether oxygens (including phenoxy) is 4. The fourth-order valence-electron chi connectivity index (χ4n) is 6.10. The number of alkyl halides is 6. The van der Waals surface area contributed by atoms with Crippen molar-refractivity contribution in [3.8, 4) is 0 Å². The molecule has 0 radical (unpaired) electrons. The van der Waals surface area contributed by atoms with Crippen LogP contribution in [0.1, 0.15) is 20.7 Å². The predicted octanol–water partition coefficient (Wildman–Crippen LogP) is 3.52. The molecule has 250 valence electrons. The molecule has 4 heterocycles. The van der Waals surface area contributed by atoms with Gasteiger partial charge in [-0.1, -0.05) is 0 Å². The number of benzene rings is 2. The van der Waals surface area contributed by atoms with E-state index in [9.17, 15) is 35.9 Å². The summed E-state index contributed by atoms with van der Waals surface area (Å²) in [5.74, 6) is -1.24. The summed E-state index contributed by atoms with van der Waals surface area (Å²) < 4.78 is 100. The average molecular weight is 659 g/mol. The molecule has 4 aliphatic rings. The number of esters is 2. The lowest BCUT2D eigenvalue weighted by atomic mass is 10.1. The van der Waals surface area contributed by atoms with Crippen LogP contribution in [-0.4, -0.2) is 124 Å². The van der Waals surface area contributed by atoms with Gasteiger partial charge in [-0.2, -0.15) is 26.3 Å². The van der Waals surface area contributed by atoms with Gasteiger partial charge < -0.3 is 28.7 Å². The van der Waals surface area contributed by atoms with Crippen LogP contribution in [-0.2, 0) is 18.9 Å². The second kappa shape index (κ2) is 12.9. The van der Waals surface area contributed by atoms with Gasteiger partial charge in [-0.3, -0.25) is 0 Å². The molecule has 0 N–H and O–H groups in total. The average Bonchev–Trinajstić information content (AvgIpc) is 3.63. The number of halogens is 6. The molecule has 4 saturated heterocycles. The summed E-state index contributed by atoms with van der Waals surface area (Å²) in [6, 6.07) is 12.9. The number of hydrogen-bond donors (Lipinski definition) is 0. The van der Waals surface area contributed by atoms with Crippen molar-refractivity contribution in [2.45, 2.75) is 37.0 Å². The maximum atomic E-state index is 12.9. The number of nitrogens with zero attached hydrogens (tertiary/aromatic N) is 4. The van der Waals surface area contributed by atoms with E-state index in [1.807, 2.05) is 9.80 Å². The third kappa shape index (κ3) is 7.04. The summed E-state index contributed by atoms with van der Waals surface area (Å²) >= 11 is 0. The lowest BCUT2D eigenvalue weighted by molar-refractivity contribution is -0.246. The summed E-state index contributed by atoms with van der Waals surface area (Å²) in [6.07, 6.45) is -11.5. The van der Waals surface area contributed by atoms with Crippen molar-refractivity contribution in [1.82, 2.24) is 9.80 Å². The van der Waals surface area contributed by atoms with Crippen molar-refractivity contribution in [1.29, 1.82) is 0 Å². The monoisotopic (exact) mass is 658 g/mol. The molecule has 46 heavy (non-hydrogen) atoms. The van der Waals surface area contributed by atoms with Crippen molar-refractivity contribution >= 4 is 23.3 Å². The minimum Gasteiger partial charge on any atom is -0.453 e. The van der Waals surface area contributed by atoms with Crippen molar-refractivity contribution in [3.05, 3.63) is 59.7 Å². The van der Waals surface area contributed by atoms with E-state index in [1.54, 1.807) is 48.5 Å². The Bertz CT molecular complexity index is 1270. The Hall–Kier alpha value is -3.60. The first-order valence-corrected chi connectivity index (χ1v) is 14.9. The summed E-state index contributed by atoms with van der Waals surface area (Å²) in [5, 5.41) is 0. The second-order valence-electron chi connectivity index (χ2n) is 11.5. The molecule has 0 aliphatic carbocycles. The first-order chi connectivity index (χ1) is 21.9. The van der Waals surface area contributed by atoms with E-state index in [-0.39, 0.29) is 76.7 Å². The zero-order chi connectivity index (χ0) is 32.6. The fourth-order valence-corrected chi connectivity index (χ4v) is 6.10. The zero-order valence-electron chi connectivity index (χ0n) is 24.5. The molecule has 2 aromatic rings. The topological polar surface area (TPSA) is 84.0 Å². The minimum atomic E-state index is -4.36. The molecule has 0 saturated carbocycles. The molecule has 10 nitrogen and oxygen atoms in total. The largest absolute Gasteiger partial charge is 0.460 e. The standard InChI is InChI=1S/C30H32F6N4O6/c31-29(32,33)39-13-9-37(10-14-39)21-5-1-19(2-6-21)27(41)45-23-17-43-26-24(18-44-25(23)26)46-28(42)20-3-7-22(8-4-20)38-11-15-40(16-12-38)30(34,35)36/h1-8,23-26H,9-18H2. The molecule has 4 atom stereocenters. The van der Waals surface area contributed by atoms with Gasteiger partial charge in [0.05, 0.1) is 24.3 Å². The fraction of sp³-hybridized carbons (Fsp3) is 0.533. The van der Waals surface area contributed by atoms with Gasteiger partial charge in [0.15, 0.2) is 12.2 Å². The number of fused-ring (bicyclic) bond motifs is 1. The van der Waals surface area contributed by atoms with Crippen molar-refractivity contribution in [3.63, 3.8) is 0 Å². The van der Waals surface area contributed by atoms with Gasteiger partial charge in [0.2, 0.25) is 0 Å². The molecule has 4 unspecified atom stereocenters. The number of carbonyl (C=O) groups is 2. The van der Waals surface area contributed by atoms with E-state index in [1.165, 1.54) is 0 Å².